The van der Waals surface area contributed by atoms with Crippen molar-refractivity contribution in [1.82, 2.24) is 9.21 Å². The van der Waals surface area contributed by atoms with Crippen LogP contribution in [0.2, 0.25) is 0 Å². The van der Waals surface area contributed by atoms with E-state index in [0.717, 1.165) is 25.7 Å². The van der Waals surface area contributed by atoms with Crippen molar-refractivity contribution in [3.05, 3.63) is 23.8 Å². The van der Waals surface area contributed by atoms with Crippen LogP contribution in [0.15, 0.2) is 23.1 Å². The topological polar surface area (TPSA) is 107 Å². The van der Waals surface area contributed by atoms with Crippen LogP contribution in [0.3, 0.4) is 0 Å². The zero-order chi connectivity index (χ0) is 25.8. The molecular formula is C26H38N2O6S. The van der Waals surface area contributed by atoms with Crippen molar-refractivity contribution in [2.75, 3.05) is 26.7 Å². The van der Waals surface area contributed by atoms with Crippen molar-refractivity contribution in [2.45, 2.75) is 76.0 Å². The summed E-state index contributed by atoms with van der Waals surface area (Å²) >= 11 is 0. The summed E-state index contributed by atoms with van der Waals surface area (Å²) in [4.78, 5) is 14.8. The quantitative estimate of drug-likeness (QED) is 0.593. The van der Waals surface area contributed by atoms with Gasteiger partial charge in [-0.15, -0.1) is 0 Å². The lowest BCUT2D eigenvalue weighted by atomic mass is 9.88. The number of nitrogens with zero attached hydrogens (tertiary/aromatic N) is 2. The number of fused-ring (bicyclic) bond motifs is 1. The first kappa shape index (κ1) is 27.5. The lowest BCUT2D eigenvalue weighted by Crippen LogP contribution is -2.50. The van der Waals surface area contributed by atoms with E-state index in [2.05, 4.69) is 11.8 Å². The van der Waals surface area contributed by atoms with E-state index < -0.39 is 28.3 Å². The summed E-state index contributed by atoms with van der Waals surface area (Å²) in [6.45, 7) is 5.28. The monoisotopic (exact) mass is 506 g/mol. The summed E-state index contributed by atoms with van der Waals surface area (Å²) in [5, 5.41) is 19.3. The summed E-state index contributed by atoms with van der Waals surface area (Å²) in [5.41, 5.74) is 0.514. The Balaban J connectivity index is 1.97. The van der Waals surface area contributed by atoms with Crippen molar-refractivity contribution >= 4 is 15.9 Å². The molecule has 2 N–H and O–H groups in total. The van der Waals surface area contributed by atoms with Gasteiger partial charge in [0.2, 0.25) is 15.9 Å². The summed E-state index contributed by atoms with van der Waals surface area (Å²) in [6, 6.07) is 3.98. The Morgan fingerprint density at radius 3 is 2.57 bits per heavy atom. The summed E-state index contributed by atoms with van der Waals surface area (Å²) < 4.78 is 34.7. The van der Waals surface area contributed by atoms with Crippen LogP contribution >= 0.6 is 0 Å². The van der Waals surface area contributed by atoms with Gasteiger partial charge in [-0.25, -0.2) is 8.42 Å². The number of ether oxygens (including phenoxy) is 1. The van der Waals surface area contributed by atoms with Gasteiger partial charge in [0.25, 0.3) is 0 Å². The molecule has 1 saturated carbocycles. The number of sulfonamides is 1. The molecule has 4 atom stereocenters. The fourth-order valence-corrected chi connectivity index (χ4v) is 6.56. The second-order valence-electron chi connectivity index (χ2n) is 9.90. The smallest absolute Gasteiger partial charge is 0.247 e. The molecule has 0 unspecified atom stereocenters. The van der Waals surface area contributed by atoms with Crippen LogP contribution in [-0.2, 0) is 14.8 Å². The van der Waals surface area contributed by atoms with Crippen molar-refractivity contribution < 1.29 is 28.2 Å². The average Bonchev–Trinajstić information content (AvgIpc) is 2.84. The maximum Gasteiger partial charge on any atom is 0.247 e. The number of aliphatic hydroxyl groups is 2. The van der Waals surface area contributed by atoms with Crippen LogP contribution < -0.4 is 4.74 Å². The predicted octanol–water partition coefficient (Wildman–Crippen LogP) is 2.23. The average molecular weight is 507 g/mol. The predicted molar refractivity (Wildman–Crippen MR) is 133 cm³/mol. The second kappa shape index (κ2) is 11.7. The number of hydrogen-bond donors (Lipinski definition) is 2. The SMILES string of the molecule is C[C@H](O)C#Cc1ccc2c(c1)O[C@H](CN(C)C(=O)C1CCCCC1)[C@H](C)CN([C@H](C)CO)S2(=O)=O. The Hall–Kier alpha value is -2.12. The van der Waals surface area contributed by atoms with Gasteiger partial charge in [0.15, 0.2) is 0 Å². The number of aliphatic hydroxyl groups excluding tert-OH is 2. The van der Waals surface area contributed by atoms with E-state index in [1.807, 2.05) is 6.92 Å². The minimum atomic E-state index is -3.95. The standard InChI is InChI=1S/C26H38N2O6S/c1-18-15-28(19(2)17-29)35(32,33)25-13-12-21(11-10-20(3)30)14-23(25)34-24(18)16-27(4)26(31)22-8-6-5-7-9-22/h12-14,18-20,22,24,29-30H,5-9,15-17H2,1-4H3/t18-,19-,20+,24-/m1/s1. The molecule has 1 aromatic rings. The first-order valence-corrected chi connectivity index (χ1v) is 13.9. The number of carbonyl (C=O) groups is 1. The number of rotatable bonds is 5. The van der Waals surface area contributed by atoms with Crippen molar-refractivity contribution in [3.8, 4) is 17.6 Å². The van der Waals surface area contributed by atoms with Crippen molar-refractivity contribution in [1.29, 1.82) is 0 Å². The van der Waals surface area contributed by atoms with Crippen molar-refractivity contribution in [2.24, 2.45) is 11.8 Å². The molecule has 0 spiro atoms. The molecular weight excluding hydrogens is 468 g/mol. The van der Waals surface area contributed by atoms with Crippen LogP contribution in [-0.4, -0.2) is 78.7 Å². The minimum absolute atomic E-state index is 0.00134. The Bertz CT molecular complexity index is 1060. The number of hydrogen-bond acceptors (Lipinski definition) is 6. The minimum Gasteiger partial charge on any atom is -0.487 e. The molecule has 0 saturated heterocycles. The molecule has 0 bridgehead atoms. The summed E-state index contributed by atoms with van der Waals surface area (Å²) in [5.74, 6) is 5.54. The van der Waals surface area contributed by atoms with Crippen LogP contribution in [0.25, 0.3) is 0 Å². The van der Waals surface area contributed by atoms with E-state index in [4.69, 9.17) is 4.74 Å². The molecule has 2 aliphatic rings. The Labute approximate surface area is 209 Å². The number of likely N-dealkylation sites (N-methyl/N-ethyl adjacent to an activating group) is 1. The highest BCUT2D eigenvalue weighted by Gasteiger charge is 2.38. The van der Waals surface area contributed by atoms with E-state index in [9.17, 15) is 23.4 Å². The Morgan fingerprint density at radius 2 is 1.94 bits per heavy atom. The van der Waals surface area contributed by atoms with Gasteiger partial charge < -0.3 is 19.8 Å². The highest BCUT2D eigenvalue weighted by atomic mass is 32.2. The zero-order valence-electron chi connectivity index (χ0n) is 21.1. The van der Waals surface area contributed by atoms with Crippen LogP contribution in [0.4, 0.5) is 0 Å². The molecule has 9 heteroatoms. The largest absolute Gasteiger partial charge is 0.487 e. The van der Waals surface area contributed by atoms with Gasteiger partial charge in [0, 0.05) is 37.0 Å². The first-order valence-electron chi connectivity index (χ1n) is 12.4. The highest BCUT2D eigenvalue weighted by molar-refractivity contribution is 7.89. The lowest BCUT2D eigenvalue weighted by Gasteiger charge is -2.38. The normalized spacial score (nSPS) is 24.5. The third kappa shape index (κ3) is 6.56. The maximum atomic E-state index is 13.5. The van der Waals surface area contributed by atoms with Crippen molar-refractivity contribution in [3.63, 3.8) is 0 Å². The van der Waals surface area contributed by atoms with Gasteiger partial charge in [-0.2, -0.15) is 4.31 Å². The molecule has 1 heterocycles. The fraction of sp³-hybridized carbons (Fsp3) is 0.654. The van der Waals surface area contributed by atoms with Crippen LogP contribution in [0.1, 0.15) is 58.4 Å². The molecule has 1 aliphatic carbocycles. The molecule has 1 amide bonds. The maximum absolute atomic E-state index is 13.5. The summed E-state index contributed by atoms with van der Waals surface area (Å²) in [6.07, 6.45) is 3.81. The second-order valence-corrected chi connectivity index (χ2v) is 11.8. The van der Waals surface area contributed by atoms with Gasteiger partial charge in [-0.3, -0.25) is 4.79 Å². The molecule has 35 heavy (non-hydrogen) atoms. The zero-order valence-corrected chi connectivity index (χ0v) is 21.9. The molecule has 8 nitrogen and oxygen atoms in total. The molecule has 3 rings (SSSR count). The van der Waals surface area contributed by atoms with Crippen LogP contribution in [0.5, 0.6) is 5.75 Å². The van der Waals surface area contributed by atoms with E-state index in [-0.39, 0.29) is 41.5 Å². The molecule has 0 radical (unpaired) electrons. The molecule has 0 aromatic heterocycles. The van der Waals surface area contributed by atoms with Crippen LogP contribution in [0, 0.1) is 23.7 Å². The third-order valence-corrected chi connectivity index (χ3v) is 8.90. The lowest BCUT2D eigenvalue weighted by molar-refractivity contribution is -0.136. The van der Waals surface area contributed by atoms with Gasteiger partial charge in [-0.1, -0.05) is 38.0 Å². The molecule has 1 aliphatic heterocycles. The van der Waals surface area contributed by atoms with Gasteiger partial charge >= 0.3 is 0 Å². The van der Waals surface area contributed by atoms with E-state index in [1.165, 1.54) is 16.8 Å². The first-order chi connectivity index (χ1) is 16.5. The highest BCUT2D eigenvalue weighted by Crippen LogP contribution is 2.34. The Morgan fingerprint density at radius 1 is 1.26 bits per heavy atom. The summed E-state index contributed by atoms with van der Waals surface area (Å²) in [7, 11) is -2.17. The number of carbonyl (C=O) groups excluding carboxylic acids is 1. The molecule has 1 fully saturated rings. The third-order valence-electron chi connectivity index (χ3n) is 6.88. The molecule has 1 aromatic carbocycles. The fourth-order valence-electron chi connectivity index (χ4n) is 4.73. The molecule has 194 valence electrons. The van der Waals surface area contributed by atoms with E-state index >= 15 is 0 Å². The van der Waals surface area contributed by atoms with E-state index in [1.54, 1.807) is 37.9 Å². The number of amides is 1. The number of benzene rings is 1. The van der Waals surface area contributed by atoms with Gasteiger partial charge in [0.1, 0.15) is 22.9 Å². The van der Waals surface area contributed by atoms with E-state index in [0.29, 0.717) is 12.1 Å². The Kier molecular flexibility index (Phi) is 9.22. The van der Waals surface area contributed by atoms with Gasteiger partial charge in [0.05, 0.1) is 13.2 Å². The van der Waals surface area contributed by atoms with Gasteiger partial charge in [-0.05, 0) is 44.9 Å².